The minimum atomic E-state index is 0.427. The van der Waals surface area contributed by atoms with Crippen LogP contribution >= 0.6 is 11.3 Å². The highest BCUT2D eigenvalue weighted by Crippen LogP contribution is 2.34. The Morgan fingerprint density at radius 1 is 1.52 bits per heavy atom. The second kappa shape index (κ2) is 6.28. The molecule has 1 aliphatic carbocycles. The van der Waals surface area contributed by atoms with Gasteiger partial charge in [-0.1, -0.05) is 6.92 Å². The van der Waals surface area contributed by atoms with Gasteiger partial charge in [-0.25, -0.2) is 4.98 Å². The Balaban J connectivity index is 1.66. The molecule has 0 bridgehead atoms. The maximum Gasteiger partial charge on any atom is 0.0928 e. The van der Waals surface area contributed by atoms with Gasteiger partial charge < -0.3 is 5.32 Å². The second-order valence-electron chi connectivity index (χ2n) is 6.03. The van der Waals surface area contributed by atoms with E-state index < -0.39 is 0 Å². The van der Waals surface area contributed by atoms with Crippen molar-refractivity contribution in [2.45, 2.75) is 65.0 Å². The third kappa shape index (κ3) is 3.35. The van der Waals surface area contributed by atoms with E-state index in [2.05, 4.69) is 35.4 Å². The summed E-state index contributed by atoms with van der Waals surface area (Å²) in [5.41, 5.74) is 3.61. The van der Waals surface area contributed by atoms with E-state index >= 15 is 0 Å². The van der Waals surface area contributed by atoms with Crippen LogP contribution in [0.2, 0.25) is 0 Å². The molecule has 4 nitrogen and oxygen atoms in total. The van der Waals surface area contributed by atoms with Crippen molar-refractivity contribution in [3.8, 4) is 0 Å². The van der Waals surface area contributed by atoms with Crippen LogP contribution in [-0.2, 0) is 19.3 Å². The number of nitrogens with one attached hydrogen (secondary N) is 2. The van der Waals surface area contributed by atoms with E-state index in [0.717, 1.165) is 30.7 Å². The fraction of sp³-hybridized carbons (Fsp3) is 0.625. The molecule has 0 spiro atoms. The summed E-state index contributed by atoms with van der Waals surface area (Å²) in [7, 11) is 0. The molecule has 0 aromatic carbocycles. The Morgan fingerprint density at radius 2 is 2.38 bits per heavy atom. The van der Waals surface area contributed by atoms with Crippen LogP contribution in [0, 0.1) is 6.92 Å². The fourth-order valence-electron chi connectivity index (χ4n) is 3.08. The number of thiazole rings is 1. The predicted molar refractivity (Wildman–Crippen MR) is 86.8 cm³/mol. The number of aromatic nitrogens is 3. The first-order valence-electron chi connectivity index (χ1n) is 7.91. The number of H-pyrrole nitrogens is 1. The molecule has 2 aromatic heterocycles. The maximum atomic E-state index is 4.78. The average molecular weight is 304 g/mol. The molecular formula is C16H24N4S. The predicted octanol–water partition coefficient (Wildman–Crippen LogP) is 3.34. The Kier molecular flexibility index (Phi) is 4.40. The minimum absolute atomic E-state index is 0.427. The van der Waals surface area contributed by atoms with Crippen molar-refractivity contribution >= 4 is 11.3 Å². The van der Waals surface area contributed by atoms with Gasteiger partial charge >= 0.3 is 0 Å². The molecular weight excluding hydrogens is 280 g/mol. The second-order valence-corrected chi connectivity index (χ2v) is 7.15. The van der Waals surface area contributed by atoms with Crippen molar-refractivity contribution in [3.63, 3.8) is 0 Å². The molecule has 3 rings (SSSR count). The van der Waals surface area contributed by atoms with Gasteiger partial charge in [-0.05, 0) is 45.6 Å². The SMILES string of the molecule is CCc1nc2c(s1)[C@H](N[C@@H](C)Cc1cc(C)[nH]n1)CCC2. The normalized spacial score (nSPS) is 19.5. The van der Waals surface area contributed by atoms with E-state index in [4.69, 9.17) is 4.98 Å². The van der Waals surface area contributed by atoms with Crippen molar-refractivity contribution in [1.29, 1.82) is 0 Å². The molecule has 0 radical (unpaired) electrons. The van der Waals surface area contributed by atoms with Gasteiger partial charge in [-0.15, -0.1) is 11.3 Å². The fourth-order valence-corrected chi connectivity index (χ4v) is 4.22. The summed E-state index contributed by atoms with van der Waals surface area (Å²) >= 11 is 1.90. The Labute approximate surface area is 130 Å². The summed E-state index contributed by atoms with van der Waals surface area (Å²) in [6.45, 7) is 6.49. The topological polar surface area (TPSA) is 53.6 Å². The van der Waals surface area contributed by atoms with Gasteiger partial charge in [0.05, 0.1) is 16.4 Å². The van der Waals surface area contributed by atoms with Gasteiger partial charge in [0.2, 0.25) is 0 Å². The molecule has 21 heavy (non-hydrogen) atoms. The maximum absolute atomic E-state index is 4.78. The van der Waals surface area contributed by atoms with Crippen LogP contribution in [0.5, 0.6) is 0 Å². The number of aryl methyl sites for hydroxylation is 3. The third-order valence-electron chi connectivity index (χ3n) is 4.06. The molecule has 0 aliphatic heterocycles. The molecule has 114 valence electrons. The summed E-state index contributed by atoms with van der Waals surface area (Å²) in [6, 6.07) is 3.03. The molecule has 0 saturated carbocycles. The molecule has 2 N–H and O–H groups in total. The molecule has 0 unspecified atom stereocenters. The van der Waals surface area contributed by atoms with Crippen LogP contribution in [0.4, 0.5) is 0 Å². The summed E-state index contributed by atoms with van der Waals surface area (Å²) in [6.07, 6.45) is 5.63. The first-order valence-corrected chi connectivity index (χ1v) is 8.72. The molecule has 2 heterocycles. The number of fused-ring (bicyclic) bond motifs is 1. The molecule has 5 heteroatoms. The lowest BCUT2D eigenvalue weighted by Gasteiger charge is -2.26. The largest absolute Gasteiger partial charge is 0.306 e. The third-order valence-corrected chi connectivity index (χ3v) is 5.41. The molecule has 1 aliphatic rings. The van der Waals surface area contributed by atoms with Gasteiger partial charge in [-0.2, -0.15) is 5.10 Å². The van der Waals surface area contributed by atoms with Crippen LogP contribution in [0.1, 0.15) is 59.7 Å². The van der Waals surface area contributed by atoms with Crippen LogP contribution < -0.4 is 5.32 Å². The van der Waals surface area contributed by atoms with Crippen molar-refractivity contribution in [1.82, 2.24) is 20.5 Å². The lowest BCUT2D eigenvalue weighted by Crippen LogP contribution is -2.33. The molecule has 2 aromatic rings. The van der Waals surface area contributed by atoms with Crippen molar-refractivity contribution in [2.24, 2.45) is 0 Å². The number of nitrogens with zero attached hydrogens (tertiary/aromatic N) is 2. The summed E-state index contributed by atoms with van der Waals surface area (Å²) < 4.78 is 0. The van der Waals surface area contributed by atoms with E-state index in [1.807, 2.05) is 18.3 Å². The first-order chi connectivity index (χ1) is 10.2. The summed E-state index contributed by atoms with van der Waals surface area (Å²) in [4.78, 5) is 6.25. The van der Waals surface area contributed by atoms with Crippen molar-refractivity contribution in [2.75, 3.05) is 0 Å². The lowest BCUT2D eigenvalue weighted by molar-refractivity contribution is 0.409. The van der Waals surface area contributed by atoms with Gasteiger partial charge in [-0.3, -0.25) is 5.10 Å². The van der Waals surface area contributed by atoms with E-state index in [9.17, 15) is 0 Å². The zero-order valence-electron chi connectivity index (χ0n) is 13.1. The number of rotatable bonds is 5. The number of aromatic amines is 1. The van der Waals surface area contributed by atoms with Gasteiger partial charge in [0, 0.05) is 29.1 Å². The van der Waals surface area contributed by atoms with Crippen LogP contribution in [0.25, 0.3) is 0 Å². The molecule has 2 atom stereocenters. The van der Waals surface area contributed by atoms with E-state index in [1.54, 1.807) is 0 Å². The van der Waals surface area contributed by atoms with Crippen molar-refractivity contribution in [3.05, 3.63) is 33.0 Å². The van der Waals surface area contributed by atoms with Crippen LogP contribution in [0.3, 0.4) is 0 Å². The van der Waals surface area contributed by atoms with Crippen LogP contribution in [0.15, 0.2) is 6.07 Å². The highest BCUT2D eigenvalue weighted by molar-refractivity contribution is 7.11. The Hall–Kier alpha value is -1.20. The zero-order chi connectivity index (χ0) is 14.8. The Bertz CT molecular complexity index is 601. The van der Waals surface area contributed by atoms with E-state index in [-0.39, 0.29) is 0 Å². The van der Waals surface area contributed by atoms with Crippen LogP contribution in [-0.4, -0.2) is 21.2 Å². The smallest absolute Gasteiger partial charge is 0.0928 e. The quantitative estimate of drug-likeness (QED) is 0.891. The molecule has 0 fully saturated rings. The van der Waals surface area contributed by atoms with Gasteiger partial charge in [0.25, 0.3) is 0 Å². The van der Waals surface area contributed by atoms with Gasteiger partial charge in [0.1, 0.15) is 0 Å². The lowest BCUT2D eigenvalue weighted by atomic mass is 9.97. The standard InChI is InChI=1S/C16H24N4S/c1-4-15-18-14-7-5-6-13(16(14)21-15)17-10(2)8-12-9-11(3)19-20-12/h9-10,13,17H,4-8H2,1-3H3,(H,19,20)/t10-,13+/m0/s1. The zero-order valence-corrected chi connectivity index (χ0v) is 13.9. The summed E-state index contributed by atoms with van der Waals surface area (Å²) in [5, 5.41) is 12.4. The highest BCUT2D eigenvalue weighted by atomic mass is 32.1. The molecule has 0 saturated heterocycles. The Morgan fingerprint density at radius 3 is 3.10 bits per heavy atom. The van der Waals surface area contributed by atoms with Gasteiger partial charge in [0.15, 0.2) is 0 Å². The number of hydrogen-bond acceptors (Lipinski definition) is 4. The van der Waals surface area contributed by atoms with E-state index in [1.165, 1.54) is 28.4 Å². The monoisotopic (exact) mass is 304 g/mol. The van der Waals surface area contributed by atoms with Crippen molar-refractivity contribution < 1.29 is 0 Å². The highest BCUT2D eigenvalue weighted by Gasteiger charge is 2.25. The minimum Gasteiger partial charge on any atom is -0.306 e. The van der Waals surface area contributed by atoms with E-state index in [0.29, 0.717) is 12.1 Å². The number of hydrogen-bond donors (Lipinski definition) is 2. The summed E-state index contributed by atoms with van der Waals surface area (Å²) in [5.74, 6) is 0. The first kappa shape index (κ1) is 14.7. The average Bonchev–Trinajstić information content (AvgIpc) is 3.05. The molecule has 0 amide bonds.